The summed E-state index contributed by atoms with van der Waals surface area (Å²) in [6.07, 6.45) is 4.16. The van der Waals surface area contributed by atoms with Crippen molar-refractivity contribution < 1.29 is 9.59 Å². The molecule has 20 heavy (non-hydrogen) atoms. The molecule has 1 unspecified atom stereocenters. The number of nitrogens with two attached hydrogens (primary N) is 1. The average Bonchev–Trinajstić information content (AvgIpc) is 2.40. The monoisotopic (exact) mass is 299 g/mol. The van der Waals surface area contributed by atoms with E-state index in [0.29, 0.717) is 32.2 Å². The molecule has 1 heterocycles. The highest BCUT2D eigenvalue weighted by Crippen LogP contribution is 2.31. The number of thiocarbonyl (C=S) groups is 1. The lowest BCUT2D eigenvalue weighted by Crippen LogP contribution is -2.55. The number of rotatable bonds is 7. The number of piperidine rings is 1. The van der Waals surface area contributed by atoms with Crippen LogP contribution in [0.4, 0.5) is 0 Å². The van der Waals surface area contributed by atoms with Gasteiger partial charge in [-0.3, -0.25) is 9.59 Å². The van der Waals surface area contributed by atoms with Crippen LogP contribution in [0.3, 0.4) is 0 Å². The molecule has 1 rings (SSSR count). The second-order valence-electron chi connectivity index (χ2n) is 5.46. The van der Waals surface area contributed by atoms with Gasteiger partial charge in [0.15, 0.2) is 0 Å². The predicted octanol–water partition coefficient (Wildman–Crippen LogP) is 1.25. The zero-order valence-corrected chi connectivity index (χ0v) is 13.1. The van der Waals surface area contributed by atoms with Crippen molar-refractivity contribution in [1.82, 2.24) is 10.6 Å². The van der Waals surface area contributed by atoms with Gasteiger partial charge in [-0.2, -0.15) is 0 Å². The quantitative estimate of drug-likeness (QED) is 0.618. The lowest BCUT2D eigenvalue weighted by atomic mass is 9.78. The predicted molar refractivity (Wildman–Crippen MR) is 83.2 cm³/mol. The Kier molecular flexibility index (Phi) is 6.39. The zero-order valence-electron chi connectivity index (χ0n) is 12.3. The van der Waals surface area contributed by atoms with E-state index in [0.717, 1.165) is 12.8 Å². The van der Waals surface area contributed by atoms with Gasteiger partial charge in [0.05, 0.1) is 10.4 Å². The molecule has 0 aromatic carbocycles. The van der Waals surface area contributed by atoms with Crippen LogP contribution in [0.15, 0.2) is 0 Å². The first-order chi connectivity index (χ1) is 9.46. The lowest BCUT2D eigenvalue weighted by molar-refractivity contribution is -0.130. The topological polar surface area (TPSA) is 84.2 Å². The fourth-order valence-corrected chi connectivity index (χ4v) is 3.04. The first-order valence-corrected chi connectivity index (χ1v) is 7.74. The van der Waals surface area contributed by atoms with Crippen molar-refractivity contribution in [2.75, 3.05) is 6.54 Å². The minimum atomic E-state index is -0.750. The van der Waals surface area contributed by atoms with Crippen molar-refractivity contribution in [2.45, 2.75) is 58.4 Å². The minimum Gasteiger partial charge on any atom is -0.392 e. The van der Waals surface area contributed by atoms with Gasteiger partial charge in [0.1, 0.15) is 0 Å². The molecule has 5 nitrogen and oxygen atoms in total. The van der Waals surface area contributed by atoms with Crippen molar-refractivity contribution >= 4 is 29.0 Å². The summed E-state index contributed by atoms with van der Waals surface area (Å²) in [5.74, 6) is -0.0481. The van der Waals surface area contributed by atoms with Crippen LogP contribution in [-0.4, -0.2) is 29.4 Å². The molecule has 1 atom stereocenters. The van der Waals surface area contributed by atoms with Crippen molar-refractivity contribution in [3.05, 3.63) is 0 Å². The highest BCUT2D eigenvalue weighted by Gasteiger charge is 2.40. The van der Waals surface area contributed by atoms with Crippen LogP contribution in [0.2, 0.25) is 0 Å². The fourth-order valence-electron chi connectivity index (χ4n) is 2.74. The van der Waals surface area contributed by atoms with Gasteiger partial charge < -0.3 is 16.4 Å². The van der Waals surface area contributed by atoms with Gasteiger partial charge in [0.25, 0.3) is 0 Å². The highest BCUT2D eigenvalue weighted by molar-refractivity contribution is 7.80. The smallest absolute Gasteiger partial charge is 0.233 e. The summed E-state index contributed by atoms with van der Waals surface area (Å²) in [7, 11) is 0. The van der Waals surface area contributed by atoms with Gasteiger partial charge >= 0.3 is 0 Å². The molecule has 0 saturated carbocycles. The fraction of sp³-hybridized carbons (Fsp3) is 0.786. The molecule has 0 aliphatic carbocycles. The third kappa shape index (κ3) is 3.91. The molecule has 1 aliphatic heterocycles. The first kappa shape index (κ1) is 16.9. The molecule has 114 valence electrons. The summed E-state index contributed by atoms with van der Waals surface area (Å²) < 4.78 is 0. The van der Waals surface area contributed by atoms with E-state index in [1.807, 2.05) is 13.8 Å². The molecule has 2 amide bonds. The van der Waals surface area contributed by atoms with Gasteiger partial charge in [0, 0.05) is 19.0 Å². The Hall–Kier alpha value is -1.17. The number of nitrogens with one attached hydrogen (secondary N) is 2. The molecule has 0 bridgehead atoms. The third-order valence-electron chi connectivity index (χ3n) is 3.86. The van der Waals surface area contributed by atoms with Crippen LogP contribution >= 0.6 is 12.2 Å². The largest absolute Gasteiger partial charge is 0.392 e. The van der Waals surface area contributed by atoms with Crippen LogP contribution < -0.4 is 16.4 Å². The van der Waals surface area contributed by atoms with Crippen molar-refractivity contribution in [1.29, 1.82) is 0 Å². The van der Waals surface area contributed by atoms with E-state index in [2.05, 4.69) is 10.6 Å². The van der Waals surface area contributed by atoms with Crippen LogP contribution in [0.5, 0.6) is 0 Å². The molecule has 6 heteroatoms. The molecular formula is C14H25N3O2S. The molecule has 0 spiro atoms. The van der Waals surface area contributed by atoms with Gasteiger partial charge in [-0.1, -0.05) is 38.9 Å². The first-order valence-electron chi connectivity index (χ1n) is 7.33. The van der Waals surface area contributed by atoms with E-state index in [9.17, 15) is 9.59 Å². The van der Waals surface area contributed by atoms with E-state index in [4.69, 9.17) is 18.0 Å². The van der Waals surface area contributed by atoms with E-state index >= 15 is 0 Å². The molecule has 0 radical (unpaired) electrons. The number of carbonyl (C=O) groups is 2. The Morgan fingerprint density at radius 1 is 1.45 bits per heavy atom. The Balaban J connectivity index is 2.76. The van der Waals surface area contributed by atoms with Gasteiger partial charge in [0.2, 0.25) is 11.8 Å². The molecule has 1 aliphatic rings. The second kappa shape index (κ2) is 7.57. The molecule has 1 fully saturated rings. The summed E-state index contributed by atoms with van der Waals surface area (Å²) in [6.45, 7) is 4.53. The van der Waals surface area contributed by atoms with E-state index in [-0.39, 0.29) is 22.8 Å². The summed E-state index contributed by atoms with van der Waals surface area (Å²) >= 11 is 5.17. The Morgan fingerprint density at radius 2 is 2.05 bits per heavy atom. The average molecular weight is 299 g/mol. The molecule has 0 aromatic heterocycles. The Labute approximate surface area is 126 Å². The maximum absolute atomic E-state index is 12.6. The SMILES string of the molecule is CCCC(CCC)(C(=O)NC1CCC(=O)NC1)C(N)=S. The molecule has 0 aromatic rings. The minimum absolute atomic E-state index is 0.0253. The van der Waals surface area contributed by atoms with Crippen LogP contribution in [-0.2, 0) is 9.59 Å². The number of hydrogen-bond acceptors (Lipinski definition) is 3. The lowest BCUT2D eigenvalue weighted by Gasteiger charge is -2.34. The van der Waals surface area contributed by atoms with E-state index in [1.54, 1.807) is 0 Å². The highest BCUT2D eigenvalue weighted by atomic mass is 32.1. The summed E-state index contributed by atoms with van der Waals surface area (Å²) in [4.78, 5) is 24.1. The van der Waals surface area contributed by atoms with Crippen molar-refractivity contribution in [3.63, 3.8) is 0 Å². The summed E-state index contributed by atoms with van der Waals surface area (Å²) in [6, 6.07) is -0.0253. The van der Waals surface area contributed by atoms with E-state index in [1.165, 1.54) is 0 Å². The normalized spacial score (nSPS) is 19.3. The van der Waals surface area contributed by atoms with E-state index < -0.39 is 5.41 Å². The van der Waals surface area contributed by atoms with Crippen molar-refractivity contribution in [3.8, 4) is 0 Å². The maximum atomic E-state index is 12.6. The molecule has 1 saturated heterocycles. The van der Waals surface area contributed by atoms with Gasteiger partial charge in [-0.15, -0.1) is 0 Å². The van der Waals surface area contributed by atoms with Crippen LogP contribution in [0.25, 0.3) is 0 Å². The Morgan fingerprint density at radius 3 is 2.45 bits per heavy atom. The van der Waals surface area contributed by atoms with Crippen LogP contribution in [0.1, 0.15) is 52.4 Å². The molecular weight excluding hydrogens is 274 g/mol. The summed E-state index contributed by atoms with van der Waals surface area (Å²) in [5.41, 5.74) is 5.12. The number of carbonyl (C=O) groups excluding carboxylic acids is 2. The van der Waals surface area contributed by atoms with Crippen molar-refractivity contribution in [2.24, 2.45) is 11.1 Å². The second-order valence-corrected chi connectivity index (χ2v) is 5.90. The standard InChI is InChI=1S/C14H25N3O2S/c1-3-7-14(8-4-2,12(15)20)13(19)17-10-5-6-11(18)16-9-10/h10H,3-9H2,1-2H3,(H2,15,20)(H,16,18)(H,17,19). The zero-order chi connectivity index (χ0) is 15.2. The number of amides is 2. The Bertz CT molecular complexity index is 369. The van der Waals surface area contributed by atoms with Gasteiger partial charge in [-0.05, 0) is 19.3 Å². The molecule has 4 N–H and O–H groups in total. The van der Waals surface area contributed by atoms with Gasteiger partial charge in [-0.25, -0.2) is 0 Å². The van der Waals surface area contributed by atoms with Crippen LogP contribution in [0, 0.1) is 5.41 Å². The third-order valence-corrected chi connectivity index (χ3v) is 4.25. The number of hydrogen-bond donors (Lipinski definition) is 3. The maximum Gasteiger partial charge on any atom is 0.233 e. The summed E-state index contributed by atoms with van der Waals surface area (Å²) in [5, 5.41) is 5.77.